The van der Waals surface area contributed by atoms with Gasteiger partial charge in [-0.15, -0.1) is 0 Å². The molecule has 2 rings (SSSR count). The van der Waals surface area contributed by atoms with E-state index in [-0.39, 0.29) is 5.91 Å². The SMILES string of the molecule is COc1cc(NC(=O)CNCC2CC2)cc(OC)c1. The number of carbonyl (C=O) groups is 1. The minimum Gasteiger partial charge on any atom is -0.497 e. The van der Waals surface area contributed by atoms with Crippen LogP contribution in [0.5, 0.6) is 11.5 Å². The molecular formula is C14H20N2O3. The molecule has 0 saturated heterocycles. The first-order valence-corrected chi connectivity index (χ1v) is 6.45. The van der Waals surface area contributed by atoms with Crippen LogP contribution >= 0.6 is 0 Å². The van der Waals surface area contributed by atoms with E-state index in [0.717, 1.165) is 12.5 Å². The molecule has 0 spiro atoms. The molecule has 0 aromatic heterocycles. The number of hydrogen-bond donors (Lipinski definition) is 2. The Hall–Kier alpha value is -1.75. The fraction of sp³-hybridized carbons (Fsp3) is 0.500. The van der Waals surface area contributed by atoms with E-state index in [1.807, 2.05) is 0 Å². The molecular weight excluding hydrogens is 244 g/mol. The predicted molar refractivity (Wildman–Crippen MR) is 73.8 cm³/mol. The summed E-state index contributed by atoms with van der Waals surface area (Å²) >= 11 is 0. The summed E-state index contributed by atoms with van der Waals surface area (Å²) in [5.41, 5.74) is 0.675. The van der Waals surface area contributed by atoms with Gasteiger partial charge < -0.3 is 20.1 Å². The van der Waals surface area contributed by atoms with E-state index in [0.29, 0.717) is 23.7 Å². The Labute approximate surface area is 113 Å². The zero-order chi connectivity index (χ0) is 13.7. The highest BCUT2D eigenvalue weighted by Crippen LogP contribution is 2.27. The average molecular weight is 264 g/mol. The van der Waals surface area contributed by atoms with Crippen LogP contribution in [-0.2, 0) is 4.79 Å². The molecule has 1 aliphatic carbocycles. The molecule has 1 aromatic rings. The van der Waals surface area contributed by atoms with Crippen molar-refractivity contribution < 1.29 is 14.3 Å². The normalized spacial score (nSPS) is 14.0. The maximum atomic E-state index is 11.8. The van der Waals surface area contributed by atoms with E-state index in [1.165, 1.54) is 12.8 Å². The Morgan fingerprint density at radius 3 is 2.37 bits per heavy atom. The maximum absolute atomic E-state index is 11.8. The number of anilines is 1. The summed E-state index contributed by atoms with van der Waals surface area (Å²) < 4.78 is 10.3. The van der Waals surface area contributed by atoms with Crippen LogP contribution in [0, 0.1) is 5.92 Å². The molecule has 0 bridgehead atoms. The number of ether oxygens (including phenoxy) is 2. The van der Waals surface area contributed by atoms with Crippen LogP contribution < -0.4 is 20.1 Å². The minimum absolute atomic E-state index is 0.0593. The van der Waals surface area contributed by atoms with Crippen molar-refractivity contribution in [3.05, 3.63) is 18.2 Å². The molecule has 5 nitrogen and oxygen atoms in total. The highest BCUT2D eigenvalue weighted by atomic mass is 16.5. The highest BCUT2D eigenvalue weighted by molar-refractivity contribution is 5.92. The zero-order valence-electron chi connectivity index (χ0n) is 11.4. The number of methoxy groups -OCH3 is 2. The van der Waals surface area contributed by atoms with Gasteiger partial charge in [0.15, 0.2) is 0 Å². The Morgan fingerprint density at radius 1 is 1.21 bits per heavy atom. The van der Waals surface area contributed by atoms with E-state index in [2.05, 4.69) is 10.6 Å². The van der Waals surface area contributed by atoms with Crippen molar-refractivity contribution in [2.75, 3.05) is 32.6 Å². The lowest BCUT2D eigenvalue weighted by Crippen LogP contribution is -2.29. The van der Waals surface area contributed by atoms with Gasteiger partial charge in [-0.05, 0) is 25.3 Å². The van der Waals surface area contributed by atoms with Gasteiger partial charge in [-0.1, -0.05) is 0 Å². The van der Waals surface area contributed by atoms with E-state index < -0.39 is 0 Å². The molecule has 1 aromatic carbocycles. The summed E-state index contributed by atoms with van der Waals surface area (Å²) in [5, 5.41) is 5.97. The molecule has 2 N–H and O–H groups in total. The van der Waals surface area contributed by atoms with Crippen molar-refractivity contribution in [2.24, 2.45) is 5.92 Å². The third-order valence-corrected chi connectivity index (χ3v) is 3.05. The highest BCUT2D eigenvalue weighted by Gasteiger charge is 2.20. The molecule has 104 valence electrons. The fourth-order valence-corrected chi connectivity index (χ4v) is 1.80. The van der Waals surface area contributed by atoms with Crippen molar-refractivity contribution in [2.45, 2.75) is 12.8 Å². The minimum atomic E-state index is -0.0593. The first-order chi connectivity index (χ1) is 9.21. The summed E-state index contributed by atoms with van der Waals surface area (Å²) in [5.74, 6) is 2.02. The largest absolute Gasteiger partial charge is 0.497 e. The summed E-state index contributed by atoms with van der Waals surface area (Å²) in [6, 6.07) is 5.30. The number of rotatable bonds is 7. The van der Waals surface area contributed by atoms with Gasteiger partial charge in [0.1, 0.15) is 11.5 Å². The Morgan fingerprint density at radius 2 is 1.84 bits per heavy atom. The van der Waals surface area contributed by atoms with E-state index in [1.54, 1.807) is 32.4 Å². The van der Waals surface area contributed by atoms with Crippen molar-refractivity contribution in [3.63, 3.8) is 0 Å². The van der Waals surface area contributed by atoms with Gasteiger partial charge in [0, 0.05) is 23.9 Å². The van der Waals surface area contributed by atoms with Crippen molar-refractivity contribution in [3.8, 4) is 11.5 Å². The van der Waals surface area contributed by atoms with Gasteiger partial charge in [0.2, 0.25) is 5.91 Å². The Kier molecular flexibility index (Phi) is 4.63. The maximum Gasteiger partial charge on any atom is 0.238 e. The molecule has 1 saturated carbocycles. The van der Waals surface area contributed by atoms with E-state index >= 15 is 0 Å². The first-order valence-electron chi connectivity index (χ1n) is 6.45. The van der Waals surface area contributed by atoms with Crippen LogP contribution in [0.4, 0.5) is 5.69 Å². The van der Waals surface area contributed by atoms with Gasteiger partial charge >= 0.3 is 0 Å². The standard InChI is InChI=1S/C14H20N2O3/c1-18-12-5-11(6-13(7-12)19-2)16-14(17)9-15-8-10-3-4-10/h5-7,10,15H,3-4,8-9H2,1-2H3,(H,16,17). The number of benzene rings is 1. The molecule has 19 heavy (non-hydrogen) atoms. The van der Waals surface area contributed by atoms with Crippen molar-refractivity contribution >= 4 is 11.6 Å². The number of amides is 1. The van der Waals surface area contributed by atoms with Crippen molar-refractivity contribution in [1.29, 1.82) is 0 Å². The first kappa shape index (κ1) is 13.7. The number of nitrogens with one attached hydrogen (secondary N) is 2. The lowest BCUT2D eigenvalue weighted by Gasteiger charge is -2.10. The average Bonchev–Trinajstić information content (AvgIpc) is 3.22. The van der Waals surface area contributed by atoms with E-state index in [9.17, 15) is 4.79 Å². The van der Waals surface area contributed by atoms with Crippen LogP contribution in [0.1, 0.15) is 12.8 Å². The third-order valence-electron chi connectivity index (χ3n) is 3.05. The fourth-order valence-electron chi connectivity index (χ4n) is 1.80. The summed E-state index contributed by atoms with van der Waals surface area (Å²) in [6.45, 7) is 1.25. The molecule has 1 aliphatic rings. The molecule has 0 heterocycles. The second-order valence-corrected chi connectivity index (χ2v) is 4.72. The summed E-state index contributed by atoms with van der Waals surface area (Å²) in [4.78, 5) is 11.8. The predicted octanol–water partition coefficient (Wildman–Crippen LogP) is 1.64. The van der Waals surface area contributed by atoms with Gasteiger partial charge in [0.25, 0.3) is 0 Å². The monoisotopic (exact) mass is 264 g/mol. The molecule has 0 unspecified atom stereocenters. The van der Waals surface area contributed by atoms with Gasteiger partial charge in [0.05, 0.1) is 20.8 Å². The van der Waals surface area contributed by atoms with Crippen LogP contribution in [0.15, 0.2) is 18.2 Å². The lowest BCUT2D eigenvalue weighted by molar-refractivity contribution is -0.115. The summed E-state index contributed by atoms with van der Waals surface area (Å²) in [7, 11) is 3.16. The van der Waals surface area contributed by atoms with Crippen LogP contribution in [0.2, 0.25) is 0 Å². The topological polar surface area (TPSA) is 59.6 Å². The second kappa shape index (κ2) is 6.43. The lowest BCUT2D eigenvalue weighted by atomic mass is 10.2. The van der Waals surface area contributed by atoms with Gasteiger partial charge in [-0.25, -0.2) is 0 Å². The van der Waals surface area contributed by atoms with Gasteiger partial charge in [-0.3, -0.25) is 4.79 Å². The second-order valence-electron chi connectivity index (χ2n) is 4.72. The smallest absolute Gasteiger partial charge is 0.238 e. The van der Waals surface area contributed by atoms with Crippen LogP contribution in [0.25, 0.3) is 0 Å². The van der Waals surface area contributed by atoms with E-state index in [4.69, 9.17) is 9.47 Å². The molecule has 0 aliphatic heterocycles. The van der Waals surface area contributed by atoms with Crippen molar-refractivity contribution in [1.82, 2.24) is 5.32 Å². The zero-order valence-corrected chi connectivity index (χ0v) is 11.4. The van der Waals surface area contributed by atoms with Crippen LogP contribution in [-0.4, -0.2) is 33.2 Å². The Bertz CT molecular complexity index is 422. The molecule has 5 heteroatoms. The molecule has 0 radical (unpaired) electrons. The number of carbonyl (C=O) groups excluding carboxylic acids is 1. The van der Waals surface area contributed by atoms with Crippen LogP contribution in [0.3, 0.4) is 0 Å². The Balaban J connectivity index is 1.87. The van der Waals surface area contributed by atoms with Gasteiger partial charge in [-0.2, -0.15) is 0 Å². The number of hydrogen-bond acceptors (Lipinski definition) is 4. The molecule has 0 atom stereocenters. The third kappa shape index (κ3) is 4.44. The quantitative estimate of drug-likeness (QED) is 0.786. The molecule has 1 fully saturated rings. The molecule has 1 amide bonds. The summed E-state index contributed by atoms with van der Waals surface area (Å²) in [6.07, 6.45) is 2.56.